The van der Waals surface area contributed by atoms with Crippen LogP contribution in [0.5, 0.6) is 0 Å². The molecule has 0 radical (unpaired) electrons. The molecule has 1 aromatic carbocycles. The number of furan rings is 1. The fraction of sp³-hybridized carbons (Fsp3) is 0.458. The SMILES string of the molecule is CCC(C)NC(=O)CN1CCN(C(=O)C(Cc2ccccc2)NC(=O)c2ccco2)CC1. The first kappa shape index (κ1) is 23.5. The number of rotatable bonds is 9. The molecule has 1 fully saturated rings. The number of nitrogens with zero attached hydrogens (tertiary/aromatic N) is 2. The molecule has 0 bridgehead atoms. The highest BCUT2D eigenvalue weighted by Crippen LogP contribution is 2.11. The van der Waals surface area contributed by atoms with Crippen LogP contribution in [-0.4, -0.2) is 72.3 Å². The van der Waals surface area contributed by atoms with E-state index in [0.29, 0.717) is 39.1 Å². The number of amides is 3. The van der Waals surface area contributed by atoms with Crippen LogP contribution >= 0.6 is 0 Å². The molecule has 2 atom stereocenters. The van der Waals surface area contributed by atoms with E-state index in [9.17, 15) is 14.4 Å². The Hall–Kier alpha value is -3.13. The van der Waals surface area contributed by atoms with E-state index in [1.54, 1.807) is 17.0 Å². The fourth-order valence-corrected chi connectivity index (χ4v) is 3.66. The number of hydrogen-bond donors (Lipinski definition) is 2. The van der Waals surface area contributed by atoms with E-state index in [-0.39, 0.29) is 23.6 Å². The van der Waals surface area contributed by atoms with Crippen LogP contribution in [0.25, 0.3) is 0 Å². The summed E-state index contributed by atoms with van der Waals surface area (Å²) in [5, 5.41) is 5.81. The Labute approximate surface area is 188 Å². The molecule has 8 heteroatoms. The van der Waals surface area contributed by atoms with E-state index in [0.717, 1.165) is 12.0 Å². The average Bonchev–Trinajstić information content (AvgIpc) is 3.34. The minimum atomic E-state index is -0.699. The Bertz CT molecular complexity index is 877. The van der Waals surface area contributed by atoms with Crippen molar-refractivity contribution in [3.63, 3.8) is 0 Å². The lowest BCUT2D eigenvalue weighted by molar-refractivity contribution is -0.135. The van der Waals surface area contributed by atoms with Crippen LogP contribution in [0.3, 0.4) is 0 Å². The van der Waals surface area contributed by atoms with Crippen LogP contribution in [-0.2, 0) is 16.0 Å². The van der Waals surface area contributed by atoms with Crippen LogP contribution in [0.2, 0.25) is 0 Å². The highest BCUT2D eigenvalue weighted by molar-refractivity contribution is 5.95. The summed E-state index contributed by atoms with van der Waals surface area (Å²) >= 11 is 0. The van der Waals surface area contributed by atoms with E-state index in [2.05, 4.69) is 15.5 Å². The molecule has 172 valence electrons. The van der Waals surface area contributed by atoms with Gasteiger partial charge in [0.25, 0.3) is 5.91 Å². The van der Waals surface area contributed by atoms with Crippen molar-refractivity contribution in [1.29, 1.82) is 0 Å². The molecule has 1 aromatic heterocycles. The number of hydrogen-bond acceptors (Lipinski definition) is 5. The standard InChI is InChI=1S/C24H32N4O4/c1-3-18(2)25-22(29)17-27-11-13-28(14-12-27)24(31)20(16-19-8-5-4-6-9-19)26-23(30)21-10-7-15-32-21/h4-10,15,18,20H,3,11-14,16-17H2,1-2H3,(H,25,29)(H,26,30). The van der Waals surface area contributed by atoms with E-state index in [4.69, 9.17) is 4.42 Å². The smallest absolute Gasteiger partial charge is 0.287 e. The largest absolute Gasteiger partial charge is 0.459 e. The lowest BCUT2D eigenvalue weighted by Gasteiger charge is -2.36. The van der Waals surface area contributed by atoms with Gasteiger partial charge in [0.1, 0.15) is 6.04 Å². The van der Waals surface area contributed by atoms with Gasteiger partial charge in [0.15, 0.2) is 5.76 Å². The molecule has 1 saturated heterocycles. The van der Waals surface area contributed by atoms with Gasteiger partial charge >= 0.3 is 0 Å². The quantitative estimate of drug-likeness (QED) is 0.619. The normalized spacial score (nSPS) is 16.2. The van der Waals surface area contributed by atoms with Gasteiger partial charge in [-0.05, 0) is 31.0 Å². The Morgan fingerprint density at radius 3 is 2.34 bits per heavy atom. The second kappa shape index (κ2) is 11.5. The van der Waals surface area contributed by atoms with Crippen LogP contribution in [0.15, 0.2) is 53.1 Å². The van der Waals surface area contributed by atoms with E-state index < -0.39 is 11.9 Å². The monoisotopic (exact) mass is 440 g/mol. The molecule has 32 heavy (non-hydrogen) atoms. The van der Waals surface area contributed by atoms with Crippen molar-refractivity contribution < 1.29 is 18.8 Å². The Balaban J connectivity index is 1.59. The zero-order chi connectivity index (χ0) is 22.9. The number of carbonyl (C=O) groups is 3. The summed E-state index contributed by atoms with van der Waals surface area (Å²) in [6.45, 7) is 6.60. The predicted molar refractivity (Wildman–Crippen MR) is 121 cm³/mol. The van der Waals surface area contributed by atoms with E-state index >= 15 is 0 Å². The molecule has 0 saturated carbocycles. The van der Waals surface area contributed by atoms with Crippen molar-refractivity contribution in [3.05, 3.63) is 60.1 Å². The van der Waals surface area contributed by atoms with Crippen LogP contribution < -0.4 is 10.6 Å². The summed E-state index contributed by atoms with van der Waals surface area (Å²) in [6, 6.07) is 12.3. The van der Waals surface area contributed by atoms with Gasteiger partial charge in [-0.15, -0.1) is 0 Å². The van der Waals surface area contributed by atoms with Gasteiger partial charge in [0.2, 0.25) is 11.8 Å². The molecule has 0 spiro atoms. The molecule has 2 heterocycles. The molecule has 3 amide bonds. The van der Waals surface area contributed by atoms with Crippen LogP contribution in [0, 0.1) is 0 Å². The Morgan fingerprint density at radius 1 is 1.00 bits per heavy atom. The third-order valence-electron chi connectivity index (χ3n) is 5.70. The number of piperazine rings is 1. The maximum atomic E-state index is 13.3. The molecule has 1 aliphatic heterocycles. The third-order valence-corrected chi connectivity index (χ3v) is 5.70. The molecule has 2 aromatic rings. The van der Waals surface area contributed by atoms with Gasteiger partial charge in [-0.2, -0.15) is 0 Å². The van der Waals surface area contributed by atoms with Crippen molar-refractivity contribution in [2.75, 3.05) is 32.7 Å². The predicted octanol–water partition coefficient (Wildman–Crippen LogP) is 1.68. The second-order valence-electron chi connectivity index (χ2n) is 8.17. The van der Waals surface area contributed by atoms with Crippen molar-refractivity contribution in [3.8, 4) is 0 Å². The van der Waals surface area contributed by atoms with Crippen molar-refractivity contribution >= 4 is 17.7 Å². The number of benzene rings is 1. The second-order valence-corrected chi connectivity index (χ2v) is 8.17. The van der Waals surface area contributed by atoms with Crippen molar-refractivity contribution in [1.82, 2.24) is 20.4 Å². The maximum absolute atomic E-state index is 13.3. The third kappa shape index (κ3) is 6.68. The lowest BCUT2D eigenvalue weighted by atomic mass is 10.0. The van der Waals surface area contributed by atoms with Crippen molar-refractivity contribution in [2.24, 2.45) is 0 Å². The zero-order valence-electron chi connectivity index (χ0n) is 18.8. The minimum Gasteiger partial charge on any atom is -0.459 e. The summed E-state index contributed by atoms with van der Waals surface area (Å²) in [5.74, 6) is -0.359. The molecular formula is C24H32N4O4. The summed E-state index contributed by atoms with van der Waals surface area (Å²) in [4.78, 5) is 41.8. The molecule has 2 unspecified atom stereocenters. The zero-order valence-corrected chi connectivity index (χ0v) is 18.8. The fourth-order valence-electron chi connectivity index (χ4n) is 3.66. The first-order valence-corrected chi connectivity index (χ1v) is 11.1. The molecule has 0 aliphatic carbocycles. The molecule has 8 nitrogen and oxygen atoms in total. The first-order valence-electron chi connectivity index (χ1n) is 11.1. The van der Waals surface area contributed by atoms with Crippen LogP contribution in [0.4, 0.5) is 0 Å². The van der Waals surface area contributed by atoms with Gasteiger partial charge in [-0.25, -0.2) is 0 Å². The summed E-state index contributed by atoms with van der Waals surface area (Å²) < 4.78 is 5.18. The highest BCUT2D eigenvalue weighted by atomic mass is 16.3. The van der Waals surface area contributed by atoms with Gasteiger partial charge in [-0.3, -0.25) is 19.3 Å². The summed E-state index contributed by atoms with van der Waals surface area (Å²) in [5.41, 5.74) is 0.964. The minimum absolute atomic E-state index is 0.00629. The lowest BCUT2D eigenvalue weighted by Crippen LogP contribution is -2.56. The van der Waals surface area contributed by atoms with Gasteiger partial charge < -0.3 is 20.0 Å². The average molecular weight is 441 g/mol. The Kier molecular flexibility index (Phi) is 8.44. The number of carbonyl (C=O) groups excluding carboxylic acids is 3. The first-order chi connectivity index (χ1) is 15.5. The summed E-state index contributed by atoms with van der Waals surface area (Å²) in [7, 11) is 0. The van der Waals surface area contributed by atoms with Gasteiger partial charge in [0, 0.05) is 38.6 Å². The van der Waals surface area contributed by atoms with Crippen LogP contribution in [0.1, 0.15) is 36.4 Å². The van der Waals surface area contributed by atoms with Gasteiger partial charge in [0.05, 0.1) is 12.8 Å². The topological polar surface area (TPSA) is 94.9 Å². The molecule has 3 rings (SSSR count). The summed E-state index contributed by atoms with van der Waals surface area (Å²) in [6.07, 6.45) is 2.71. The van der Waals surface area contributed by atoms with E-state index in [1.165, 1.54) is 6.26 Å². The Morgan fingerprint density at radius 2 is 1.72 bits per heavy atom. The van der Waals surface area contributed by atoms with E-state index in [1.807, 2.05) is 44.2 Å². The maximum Gasteiger partial charge on any atom is 0.287 e. The van der Waals surface area contributed by atoms with Crippen molar-refractivity contribution in [2.45, 2.75) is 38.8 Å². The highest BCUT2D eigenvalue weighted by Gasteiger charge is 2.30. The molecular weight excluding hydrogens is 408 g/mol. The van der Waals surface area contributed by atoms with Gasteiger partial charge in [-0.1, -0.05) is 37.3 Å². The number of nitrogens with one attached hydrogen (secondary N) is 2. The molecule has 1 aliphatic rings. The molecule has 2 N–H and O–H groups in total.